The number of para-hydroxylation sites is 2. The van der Waals surface area contributed by atoms with Gasteiger partial charge in [0.15, 0.2) is 0 Å². The van der Waals surface area contributed by atoms with Crippen LogP contribution < -0.4 is 18.9 Å². The average Bonchev–Trinajstić information content (AvgIpc) is 3.18. The summed E-state index contributed by atoms with van der Waals surface area (Å²) in [4.78, 5) is 0. The second-order valence-electron chi connectivity index (χ2n) is 15.2. The minimum Gasteiger partial charge on any atom is -0.492 e. The molecule has 0 fully saturated rings. The topological polar surface area (TPSA) is 46.2 Å². The predicted octanol–water partition coefficient (Wildman–Crippen LogP) is 14.3. The van der Waals surface area contributed by atoms with Crippen molar-refractivity contribution in [2.45, 2.75) is 77.4 Å². The zero-order valence-corrected chi connectivity index (χ0v) is 35.1. The SMILES string of the molecule is CCOc1ccc(C(Cc2cccc(Oc3ccccc3)c2)C(C)(C)OC(C)(C)C(Cc2cccc(Oc3ccccc3)c2)c2ccc(OCC)c(Cl)c2)cc1Cl. The molecule has 2 unspecified atom stereocenters. The molecule has 57 heavy (non-hydrogen) atoms. The zero-order chi connectivity index (χ0) is 40.4. The Balaban J connectivity index is 1.36. The molecule has 2 atom stereocenters. The van der Waals surface area contributed by atoms with Gasteiger partial charge in [-0.15, -0.1) is 0 Å². The summed E-state index contributed by atoms with van der Waals surface area (Å²) in [6.07, 6.45) is 1.33. The van der Waals surface area contributed by atoms with E-state index >= 15 is 0 Å². The third kappa shape index (κ3) is 11.1. The van der Waals surface area contributed by atoms with E-state index in [1.807, 2.05) is 123 Å². The first-order valence-corrected chi connectivity index (χ1v) is 20.4. The van der Waals surface area contributed by atoms with E-state index in [2.05, 4.69) is 64.1 Å². The molecule has 0 bridgehead atoms. The first-order chi connectivity index (χ1) is 27.4. The van der Waals surface area contributed by atoms with E-state index in [0.29, 0.717) is 47.6 Å². The lowest BCUT2D eigenvalue weighted by molar-refractivity contribution is -0.146. The number of rotatable bonds is 18. The van der Waals surface area contributed by atoms with Crippen molar-refractivity contribution in [3.63, 3.8) is 0 Å². The summed E-state index contributed by atoms with van der Waals surface area (Å²) in [5, 5.41) is 1.13. The maximum absolute atomic E-state index is 7.48. The molecule has 6 aromatic rings. The highest BCUT2D eigenvalue weighted by atomic mass is 35.5. The molecule has 6 rings (SSSR count). The largest absolute Gasteiger partial charge is 0.492 e. The van der Waals surface area contributed by atoms with Crippen LogP contribution in [0.3, 0.4) is 0 Å². The van der Waals surface area contributed by atoms with Gasteiger partial charge in [0.05, 0.1) is 34.5 Å². The first-order valence-electron chi connectivity index (χ1n) is 19.6. The molecule has 5 nitrogen and oxygen atoms in total. The molecule has 7 heteroatoms. The Bertz CT molecular complexity index is 2050. The van der Waals surface area contributed by atoms with E-state index in [9.17, 15) is 0 Å². The van der Waals surface area contributed by atoms with Crippen LogP contribution in [0.1, 0.15) is 75.6 Å². The molecule has 6 aromatic carbocycles. The smallest absolute Gasteiger partial charge is 0.137 e. The summed E-state index contributed by atoms with van der Waals surface area (Å²) in [6.45, 7) is 13.6. The van der Waals surface area contributed by atoms with E-state index in [-0.39, 0.29) is 11.8 Å². The van der Waals surface area contributed by atoms with Gasteiger partial charge in [0.1, 0.15) is 34.5 Å². The number of hydrogen-bond donors (Lipinski definition) is 0. The third-order valence-electron chi connectivity index (χ3n) is 10.2. The summed E-state index contributed by atoms with van der Waals surface area (Å²) < 4.78 is 31.6. The molecule has 0 amide bonds. The van der Waals surface area contributed by atoms with Crippen molar-refractivity contribution in [2.75, 3.05) is 13.2 Å². The van der Waals surface area contributed by atoms with Gasteiger partial charge in [0, 0.05) is 11.8 Å². The van der Waals surface area contributed by atoms with Crippen LogP contribution >= 0.6 is 23.2 Å². The normalized spacial score (nSPS) is 12.8. The highest BCUT2D eigenvalue weighted by Gasteiger charge is 2.42. The quantitative estimate of drug-likeness (QED) is 0.0866. The molecule has 0 radical (unpaired) electrons. The summed E-state index contributed by atoms with van der Waals surface area (Å²) in [5.41, 5.74) is 2.90. The van der Waals surface area contributed by atoms with Gasteiger partial charge in [-0.25, -0.2) is 0 Å². The van der Waals surface area contributed by atoms with Crippen molar-refractivity contribution in [1.82, 2.24) is 0 Å². The van der Waals surface area contributed by atoms with Crippen LogP contribution in [0, 0.1) is 0 Å². The Labute approximate surface area is 348 Å². The fraction of sp³-hybridized carbons (Fsp3) is 0.280. The molecular formula is C50H52Cl2O5. The maximum Gasteiger partial charge on any atom is 0.137 e. The molecule has 0 aliphatic heterocycles. The van der Waals surface area contributed by atoms with Gasteiger partial charge in [-0.05, 0) is 149 Å². The van der Waals surface area contributed by atoms with Crippen molar-refractivity contribution >= 4 is 23.2 Å². The minimum absolute atomic E-state index is 0.121. The van der Waals surface area contributed by atoms with Crippen LogP contribution in [-0.4, -0.2) is 24.4 Å². The molecular weight excluding hydrogens is 751 g/mol. The predicted molar refractivity (Wildman–Crippen MR) is 233 cm³/mol. The lowest BCUT2D eigenvalue weighted by atomic mass is 9.76. The molecule has 0 saturated heterocycles. The fourth-order valence-corrected chi connectivity index (χ4v) is 8.04. The van der Waals surface area contributed by atoms with Gasteiger partial charge >= 0.3 is 0 Å². The molecule has 296 valence electrons. The van der Waals surface area contributed by atoms with E-state index in [4.69, 9.17) is 46.9 Å². The molecule has 0 aliphatic carbocycles. The highest BCUT2D eigenvalue weighted by Crippen LogP contribution is 2.45. The minimum atomic E-state index is -0.707. The fourth-order valence-electron chi connectivity index (χ4n) is 7.56. The Kier molecular flexibility index (Phi) is 13.9. The Morgan fingerprint density at radius 3 is 1.21 bits per heavy atom. The van der Waals surface area contributed by atoms with E-state index < -0.39 is 11.2 Å². The lowest BCUT2D eigenvalue weighted by Gasteiger charge is -2.45. The highest BCUT2D eigenvalue weighted by molar-refractivity contribution is 6.32. The molecule has 0 spiro atoms. The van der Waals surface area contributed by atoms with Crippen LogP contribution in [0.5, 0.6) is 34.5 Å². The monoisotopic (exact) mass is 802 g/mol. The Hall–Kier alpha value is -4.94. The van der Waals surface area contributed by atoms with Gasteiger partial charge in [-0.2, -0.15) is 0 Å². The number of halogens is 2. The summed E-state index contributed by atoms with van der Waals surface area (Å²) in [5.74, 6) is 4.18. The van der Waals surface area contributed by atoms with E-state index in [1.165, 1.54) is 0 Å². The van der Waals surface area contributed by atoms with E-state index in [0.717, 1.165) is 45.3 Å². The van der Waals surface area contributed by atoms with Crippen molar-refractivity contribution in [2.24, 2.45) is 0 Å². The lowest BCUT2D eigenvalue weighted by Crippen LogP contribution is -2.45. The van der Waals surface area contributed by atoms with Crippen LogP contribution in [0.4, 0.5) is 0 Å². The third-order valence-corrected chi connectivity index (χ3v) is 10.7. The van der Waals surface area contributed by atoms with Crippen molar-refractivity contribution in [3.8, 4) is 34.5 Å². The Morgan fingerprint density at radius 1 is 0.456 bits per heavy atom. The number of ether oxygens (including phenoxy) is 5. The summed E-state index contributed by atoms with van der Waals surface area (Å²) in [7, 11) is 0. The van der Waals surface area contributed by atoms with Gasteiger partial charge < -0.3 is 23.7 Å². The van der Waals surface area contributed by atoms with Crippen LogP contribution in [0.2, 0.25) is 10.0 Å². The van der Waals surface area contributed by atoms with Crippen LogP contribution in [-0.2, 0) is 17.6 Å². The summed E-state index contributed by atoms with van der Waals surface area (Å²) >= 11 is 13.7. The van der Waals surface area contributed by atoms with Gasteiger partial charge in [0.2, 0.25) is 0 Å². The second-order valence-corrected chi connectivity index (χ2v) is 16.0. The van der Waals surface area contributed by atoms with Crippen molar-refractivity contribution in [1.29, 1.82) is 0 Å². The number of benzene rings is 6. The summed E-state index contributed by atoms with van der Waals surface area (Å²) in [6, 6.07) is 48.3. The first kappa shape index (κ1) is 41.7. The van der Waals surface area contributed by atoms with E-state index in [1.54, 1.807) is 0 Å². The second kappa shape index (κ2) is 19.0. The number of hydrogen-bond acceptors (Lipinski definition) is 5. The van der Waals surface area contributed by atoms with Gasteiger partial charge in [0.25, 0.3) is 0 Å². The zero-order valence-electron chi connectivity index (χ0n) is 33.6. The van der Waals surface area contributed by atoms with Gasteiger partial charge in [-0.1, -0.05) is 96.0 Å². The average molecular weight is 804 g/mol. The molecule has 0 aliphatic rings. The molecule has 0 heterocycles. The standard InChI is InChI=1S/C50H52Cl2O5/c1-7-53-47-27-25-37(33-45(47)51)43(31-35-17-15-23-41(29-35)55-39-19-11-9-12-20-39)49(3,4)57-50(5,6)44(38-26-28-48(54-8-2)46(52)34-38)32-36-18-16-24-42(30-36)56-40-21-13-10-14-22-40/h9-30,33-34,43-44H,7-8,31-32H2,1-6H3. The Morgan fingerprint density at radius 2 is 0.842 bits per heavy atom. The molecule has 0 saturated carbocycles. The molecule has 0 aromatic heterocycles. The van der Waals surface area contributed by atoms with Crippen LogP contribution in [0.25, 0.3) is 0 Å². The van der Waals surface area contributed by atoms with Gasteiger partial charge in [-0.3, -0.25) is 0 Å². The van der Waals surface area contributed by atoms with Crippen LogP contribution in [0.15, 0.2) is 146 Å². The maximum atomic E-state index is 7.48. The van der Waals surface area contributed by atoms with Crippen molar-refractivity contribution < 1.29 is 23.7 Å². The van der Waals surface area contributed by atoms with Crippen molar-refractivity contribution in [3.05, 3.63) is 178 Å². The molecule has 0 N–H and O–H groups in total.